The molecule has 154 valence electrons. The number of likely N-dealkylation sites (tertiary alicyclic amines) is 1. The Morgan fingerprint density at radius 3 is 2.66 bits per heavy atom. The SMILES string of the molecule is O=C(NCCC(=O)N1CCC(c2nc(C3CC3)n[nH]2)CC1)c1ccc(F)cc1Cl. The lowest BCUT2D eigenvalue weighted by molar-refractivity contribution is -0.132. The van der Waals surface area contributed by atoms with Gasteiger partial charge in [-0.2, -0.15) is 5.10 Å². The minimum atomic E-state index is -0.501. The molecular formula is C20H23ClFN5O2. The average Bonchev–Trinajstić information content (AvgIpc) is 3.44. The molecule has 0 spiro atoms. The van der Waals surface area contributed by atoms with Crippen LogP contribution in [0.3, 0.4) is 0 Å². The molecule has 29 heavy (non-hydrogen) atoms. The van der Waals surface area contributed by atoms with Gasteiger partial charge in [-0.15, -0.1) is 0 Å². The number of aromatic nitrogens is 3. The van der Waals surface area contributed by atoms with Crippen LogP contribution in [0, 0.1) is 5.82 Å². The third kappa shape index (κ3) is 4.75. The zero-order chi connectivity index (χ0) is 20.4. The van der Waals surface area contributed by atoms with Gasteiger partial charge in [0.25, 0.3) is 5.91 Å². The summed E-state index contributed by atoms with van der Waals surface area (Å²) in [5.74, 6) is 1.78. The molecule has 1 aromatic carbocycles. The third-order valence-corrected chi connectivity index (χ3v) is 5.81. The predicted octanol–water partition coefficient (Wildman–Crippen LogP) is 3.00. The molecule has 0 unspecified atom stereocenters. The maximum Gasteiger partial charge on any atom is 0.252 e. The fourth-order valence-electron chi connectivity index (χ4n) is 3.61. The number of piperidine rings is 1. The van der Waals surface area contributed by atoms with Crippen molar-refractivity contribution in [1.82, 2.24) is 25.4 Å². The van der Waals surface area contributed by atoms with Crippen LogP contribution < -0.4 is 5.32 Å². The summed E-state index contributed by atoms with van der Waals surface area (Å²) < 4.78 is 13.1. The maximum absolute atomic E-state index is 13.1. The first-order valence-corrected chi connectivity index (χ1v) is 10.3. The van der Waals surface area contributed by atoms with Crippen LogP contribution in [-0.4, -0.2) is 51.5 Å². The number of H-pyrrole nitrogens is 1. The topological polar surface area (TPSA) is 91.0 Å². The Hall–Kier alpha value is -2.48. The van der Waals surface area contributed by atoms with E-state index in [4.69, 9.17) is 11.6 Å². The smallest absolute Gasteiger partial charge is 0.252 e. The molecule has 0 radical (unpaired) electrons. The van der Waals surface area contributed by atoms with E-state index in [-0.39, 0.29) is 29.5 Å². The summed E-state index contributed by atoms with van der Waals surface area (Å²) >= 11 is 5.89. The molecule has 2 N–H and O–H groups in total. The van der Waals surface area contributed by atoms with Crippen LogP contribution in [0.4, 0.5) is 4.39 Å². The lowest BCUT2D eigenvalue weighted by Crippen LogP contribution is -2.39. The Labute approximate surface area is 173 Å². The maximum atomic E-state index is 13.1. The Morgan fingerprint density at radius 1 is 1.21 bits per heavy atom. The molecule has 1 aromatic heterocycles. The number of hydrogen-bond acceptors (Lipinski definition) is 4. The van der Waals surface area contributed by atoms with Crippen LogP contribution in [-0.2, 0) is 4.79 Å². The Balaban J connectivity index is 1.21. The number of hydrogen-bond donors (Lipinski definition) is 2. The average molecular weight is 420 g/mol. The van der Waals surface area contributed by atoms with Crippen LogP contribution in [0.2, 0.25) is 5.02 Å². The summed E-state index contributed by atoms with van der Waals surface area (Å²) in [7, 11) is 0. The fourth-order valence-corrected chi connectivity index (χ4v) is 3.86. The molecule has 2 aliphatic rings. The lowest BCUT2D eigenvalue weighted by Gasteiger charge is -2.31. The van der Waals surface area contributed by atoms with Gasteiger partial charge in [-0.25, -0.2) is 9.37 Å². The van der Waals surface area contributed by atoms with E-state index in [9.17, 15) is 14.0 Å². The summed E-state index contributed by atoms with van der Waals surface area (Å²) in [6, 6.07) is 3.60. The summed E-state index contributed by atoms with van der Waals surface area (Å²) in [6.07, 6.45) is 4.26. The number of aromatic amines is 1. The van der Waals surface area contributed by atoms with E-state index in [1.54, 1.807) is 0 Å². The molecule has 2 amide bonds. The molecule has 7 nitrogen and oxygen atoms in total. The van der Waals surface area contributed by atoms with Crippen molar-refractivity contribution in [1.29, 1.82) is 0 Å². The second-order valence-corrected chi connectivity index (χ2v) is 8.05. The number of halogens is 2. The quantitative estimate of drug-likeness (QED) is 0.753. The minimum absolute atomic E-state index is 0.00481. The number of rotatable bonds is 6. The molecule has 9 heteroatoms. The van der Waals surface area contributed by atoms with Gasteiger partial charge in [0.05, 0.1) is 10.6 Å². The van der Waals surface area contributed by atoms with Gasteiger partial charge < -0.3 is 10.2 Å². The van der Waals surface area contributed by atoms with E-state index >= 15 is 0 Å². The molecular weight excluding hydrogens is 397 g/mol. The van der Waals surface area contributed by atoms with Gasteiger partial charge >= 0.3 is 0 Å². The Kier molecular flexibility index (Phi) is 5.80. The van der Waals surface area contributed by atoms with Crippen LogP contribution in [0.1, 0.15) is 65.9 Å². The highest BCUT2D eigenvalue weighted by atomic mass is 35.5. The molecule has 4 rings (SSSR count). The zero-order valence-corrected chi connectivity index (χ0v) is 16.7. The summed E-state index contributed by atoms with van der Waals surface area (Å²) in [5, 5.41) is 10.1. The van der Waals surface area contributed by atoms with E-state index in [2.05, 4.69) is 20.5 Å². The molecule has 0 bridgehead atoms. The lowest BCUT2D eigenvalue weighted by atomic mass is 9.96. The molecule has 2 fully saturated rings. The van der Waals surface area contributed by atoms with Gasteiger partial charge in [0.2, 0.25) is 5.91 Å². The highest BCUT2D eigenvalue weighted by Gasteiger charge is 2.30. The van der Waals surface area contributed by atoms with Crippen LogP contribution >= 0.6 is 11.6 Å². The van der Waals surface area contributed by atoms with Crippen molar-refractivity contribution in [2.75, 3.05) is 19.6 Å². The molecule has 1 saturated carbocycles. The number of carbonyl (C=O) groups is 2. The van der Waals surface area contributed by atoms with Gasteiger partial charge in [-0.1, -0.05) is 11.6 Å². The second kappa shape index (κ2) is 8.49. The van der Waals surface area contributed by atoms with Gasteiger partial charge in [0, 0.05) is 37.9 Å². The first-order valence-electron chi connectivity index (χ1n) is 9.94. The minimum Gasteiger partial charge on any atom is -0.351 e. The second-order valence-electron chi connectivity index (χ2n) is 7.64. The summed E-state index contributed by atoms with van der Waals surface area (Å²) in [5.41, 5.74) is 0.193. The summed E-state index contributed by atoms with van der Waals surface area (Å²) in [4.78, 5) is 31.0. The van der Waals surface area contributed by atoms with Crippen LogP contribution in [0.25, 0.3) is 0 Å². The van der Waals surface area contributed by atoms with Gasteiger partial charge in [-0.05, 0) is 43.9 Å². The molecule has 2 heterocycles. The highest BCUT2D eigenvalue weighted by molar-refractivity contribution is 6.33. The normalized spacial score (nSPS) is 17.4. The number of nitrogens with zero attached hydrogens (tertiary/aromatic N) is 3. The predicted molar refractivity (Wildman–Crippen MR) is 105 cm³/mol. The van der Waals surface area contributed by atoms with E-state index in [1.165, 1.54) is 25.0 Å². The van der Waals surface area contributed by atoms with E-state index in [0.717, 1.165) is 30.6 Å². The van der Waals surface area contributed by atoms with Crippen molar-refractivity contribution < 1.29 is 14.0 Å². The van der Waals surface area contributed by atoms with Crippen molar-refractivity contribution in [3.63, 3.8) is 0 Å². The van der Waals surface area contributed by atoms with E-state index in [0.29, 0.717) is 24.9 Å². The molecule has 1 saturated heterocycles. The van der Waals surface area contributed by atoms with E-state index < -0.39 is 11.7 Å². The number of nitrogens with one attached hydrogen (secondary N) is 2. The largest absolute Gasteiger partial charge is 0.351 e. The third-order valence-electron chi connectivity index (χ3n) is 5.50. The van der Waals surface area contributed by atoms with Crippen molar-refractivity contribution in [3.8, 4) is 0 Å². The summed E-state index contributed by atoms with van der Waals surface area (Å²) in [6.45, 7) is 1.54. The van der Waals surface area contributed by atoms with Gasteiger partial charge in [0.15, 0.2) is 5.82 Å². The first kappa shape index (κ1) is 19.8. The molecule has 0 atom stereocenters. The first-order chi connectivity index (χ1) is 14.0. The van der Waals surface area contributed by atoms with Crippen LogP contribution in [0.15, 0.2) is 18.2 Å². The Bertz CT molecular complexity index is 906. The van der Waals surface area contributed by atoms with Crippen molar-refractivity contribution in [3.05, 3.63) is 46.3 Å². The van der Waals surface area contributed by atoms with Crippen molar-refractivity contribution in [2.45, 2.75) is 43.9 Å². The Morgan fingerprint density at radius 2 is 1.97 bits per heavy atom. The highest BCUT2D eigenvalue weighted by Crippen LogP contribution is 2.38. The van der Waals surface area contributed by atoms with Crippen molar-refractivity contribution >= 4 is 23.4 Å². The zero-order valence-electron chi connectivity index (χ0n) is 16.0. The van der Waals surface area contributed by atoms with Gasteiger partial charge in [-0.3, -0.25) is 14.7 Å². The monoisotopic (exact) mass is 419 g/mol. The number of amides is 2. The van der Waals surface area contributed by atoms with Crippen LogP contribution in [0.5, 0.6) is 0 Å². The fraction of sp³-hybridized carbons (Fsp3) is 0.500. The standard InChI is InChI=1S/C20H23ClFN5O2/c21-16-11-14(22)3-4-15(16)20(29)23-8-5-17(28)27-9-6-13(7-10-27)19-24-18(25-26-19)12-1-2-12/h3-4,11-13H,1-2,5-10H2,(H,23,29)(H,24,25,26). The van der Waals surface area contributed by atoms with Crippen molar-refractivity contribution in [2.24, 2.45) is 0 Å². The van der Waals surface area contributed by atoms with Gasteiger partial charge in [0.1, 0.15) is 11.6 Å². The number of benzene rings is 1. The molecule has 1 aliphatic carbocycles. The molecule has 2 aromatic rings. The molecule has 1 aliphatic heterocycles. The van der Waals surface area contributed by atoms with E-state index in [1.807, 2.05) is 4.90 Å². The number of carbonyl (C=O) groups excluding carboxylic acids is 2.